The van der Waals surface area contributed by atoms with Crippen molar-refractivity contribution < 1.29 is 27.2 Å². The van der Waals surface area contributed by atoms with Gasteiger partial charge in [-0.05, 0) is 41.6 Å². The van der Waals surface area contributed by atoms with E-state index >= 15 is 0 Å². The second kappa shape index (κ2) is 4.69. The Kier molecular flexibility index (Phi) is 3.36. The van der Waals surface area contributed by atoms with E-state index in [1.54, 1.807) is 0 Å². The van der Waals surface area contributed by atoms with Crippen LogP contribution in [-0.2, 0) is 11.0 Å². The van der Waals surface area contributed by atoms with Crippen LogP contribution >= 0.6 is 11.8 Å². The van der Waals surface area contributed by atoms with Crippen LogP contribution in [0.4, 0.5) is 22.4 Å². The number of halogens is 4. The third-order valence-corrected chi connectivity index (χ3v) is 3.00. The number of hydrogen-bond donors (Lipinski definition) is 1. The molecule has 1 fully saturated rings. The van der Waals surface area contributed by atoms with Crippen LogP contribution in [0.3, 0.4) is 0 Å². The molecule has 0 bridgehead atoms. The van der Waals surface area contributed by atoms with Crippen molar-refractivity contribution in [3.63, 3.8) is 0 Å². The van der Waals surface area contributed by atoms with E-state index in [4.69, 9.17) is 0 Å². The van der Waals surface area contributed by atoms with Crippen LogP contribution < -0.4 is 5.32 Å². The lowest BCUT2D eigenvalue weighted by Crippen LogP contribution is -2.17. The van der Waals surface area contributed by atoms with Gasteiger partial charge in [0.15, 0.2) is 0 Å². The molecule has 2 amide bonds. The standard InChI is InChI=1S/C11H5F4NO2S/c12-7-2-5(1-6(4-7)11(13,14)15)3-8-9(17)16-10(18)19-8/h1-4H,(H,16,17,18)/b8-3+. The first-order valence-corrected chi connectivity index (χ1v) is 5.70. The molecule has 19 heavy (non-hydrogen) atoms. The Hall–Kier alpha value is -1.83. The highest BCUT2D eigenvalue weighted by atomic mass is 32.2. The summed E-state index contributed by atoms with van der Waals surface area (Å²) in [6.45, 7) is 0. The highest BCUT2D eigenvalue weighted by Gasteiger charge is 2.31. The van der Waals surface area contributed by atoms with E-state index in [0.717, 1.165) is 12.1 Å². The first kappa shape index (κ1) is 13.6. The second-order valence-electron chi connectivity index (χ2n) is 3.62. The fraction of sp³-hybridized carbons (Fsp3) is 0.0909. The van der Waals surface area contributed by atoms with Crippen LogP contribution in [0.2, 0.25) is 0 Å². The zero-order valence-electron chi connectivity index (χ0n) is 9.05. The number of nitrogens with one attached hydrogen (secondary N) is 1. The maximum atomic E-state index is 13.1. The van der Waals surface area contributed by atoms with E-state index in [-0.39, 0.29) is 10.5 Å². The van der Waals surface area contributed by atoms with Crippen LogP contribution in [0.1, 0.15) is 11.1 Å². The molecule has 100 valence electrons. The smallest absolute Gasteiger partial charge is 0.282 e. The Morgan fingerprint density at radius 3 is 2.37 bits per heavy atom. The third kappa shape index (κ3) is 3.14. The Bertz CT molecular complexity index is 595. The predicted molar refractivity (Wildman–Crippen MR) is 60.5 cm³/mol. The van der Waals surface area contributed by atoms with E-state index in [1.807, 2.05) is 5.32 Å². The summed E-state index contributed by atoms with van der Waals surface area (Å²) in [7, 11) is 0. The summed E-state index contributed by atoms with van der Waals surface area (Å²) in [4.78, 5) is 22.0. The molecule has 8 heteroatoms. The topological polar surface area (TPSA) is 46.2 Å². The molecule has 0 spiro atoms. The average molecular weight is 291 g/mol. The van der Waals surface area contributed by atoms with Gasteiger partial charge in [-0.25, -0.2) is 4.39 Å². The van der Waals surface area contributed by atoms with Gasteiger partial charge in [-0.2, -0.15) is 13.2 Å². The van der Waals surface area contributed by atoms with Gasteiger partial charge < -0.3 is 0 Å². The van der Waals surface area contributed by atoms with E-state index < -0.39 is 28.7 Å². The number of rotatable bonds is 1. The zero-order chi connectivity index (χ0) is 14.2. The molecule has 1 N–H and O–H groups in total. The van der Waals surface area contributed by atoms with E-state index in [1.165, 1.54) is 0 Å². The summed E-state index contributed by atoms with van der Waals surface area (Å²) in [5.41, 5.74) is -1.30. The monoisotopic (exact) mass is 291 g/mol. The van der Waals surface area contributed by atoms with Crippen molar-refractivity contribution in [1.29, 1.82) is 0 Å². The molecular formula is C11H5F4NO2S. The molecule has 0 atom stereocenters. The van der Waals surface area contributed by atoms with E-state index in [9.17, 15) is 27.2 Å². The van der Waals surface area contributed by atoms with Gasteiger partial charge in [0.1, 0.15) is 5.82 Å². The van der Waals surface area contributed by atoms with Gasteiger partial charge in [0.2, 0.25) is 0 Å². The minimum Gasteiger partial charge on any atom is -0.282 e. The molecule has 0 unspecified atom stereocenters. The summed E-state index contributed by atoms with van der Waals surface area (Å²) in [6.07, 6.45) is -3.65. The Morgan fingerprint density at radius 1 is 1.16 bits per heavy atom. The number of hydrogen-bond acceptors (Lipinski definition) is 3. The quantitative estimate of drug-likeness (QED) is 0.638. The Labute approximate surface area is 108 Å². The van der Waals surface area contributed by atoms with Gasteiger partial charge in [0.05, 0.1) is 10.5 Å². The molecule has 0 aromatic heterocycles. The van der Waals surface area contributed by atoms with Crippen molar-refractivity contribution in [2.45, 2.75) is 6.18 Å². The number of thioether (sulfide) groups is 1. The van der Waals surface area contributed by atoms with Crippen LogP contribution in [0.5, 0.6) is 0 Å². The van der Waals surface area contributed by atoms with Crippen LogP contribution in [0.15, 0.2) is 23.1 Å². The third-order valence-electron chi connectivity index (χ3n) is 2.19. The van der Waals surface area contributed by atoms with E-state index in [2.05, 4.69) is 0 Å². The number of alkyl halides is 3. The number of benzene rings is 1. The fourth-order valence-corrected chi connectivity index (χ4v) is 2.11. The van der Waals surface area contributed by atoms with Crippen molar-refractivity contribution in [1.82, 2.24) is 5.32 Å². The highest BCUT2D eigenvalue weighted by Crippen LogP contribution is 2.32. The molecular weight excluding hydrogens is 286 g/mol. The molecule has 1 aromatic carbocycles. The minimum absolute atomic E-state index is 0.0799. The van der Waals surface area contributed by atoms with Gasteiger partial charge in [0, 0.05) is 0 Å². The fourth-order valence-electron chi connectivity index (χ4n) is 1.43. The number of carbonyl (C=O) groups excluding carboxylic acids is 2. The average Bonchev–Trinajstić information content (AvgIpc) is 2.55. The maximum Gasteiger partial charge on any atom is 0.416 e. The van der Waals surface area contributed by atoms with Gasteiger partial charge in [0.25, 0.3) is 11.1 Å². The summed E-state index contributed by atoms with van der Waals surface area (Å²) in [6, 6.07) is 1.90. The van der Waals surface area contributed by atoms with Crippen molar-refractivity contribution in [2.24, 2.45) is 0 Å². The molecule has 1 saturated heterocycles. The summed E-state index contributed by atoms with van der Waals surface area (Å²) in [5.74, 6) is -1.79. The summed E-state index contributed by atoms with van der Waals surface area (Å²) < 4.78 is 50.5. The molecule has 0 aliphatic carbocycles. The Morgan fingerprint density at radius 2 is 1.84 bits per heavy atom. The van der Waals surface area contributed by atoms with Gasteiger partial charge in [-0.15, -0.1) is 0 Å². The first-order chi connectivity index (χ1) is 8.75. The van der Waals surface area contributed by atoms with Crippen molar-refractivity contribution in [2.75, 3.05) is 0 Å². The van der Waals surface area contributed by atoms with Crippen molar-refractivity contribution in [3.05, 3.63) is 40.0 Å². The number of amides is 2. The normalized spacial score (nSPS) is 18.0. The van der Waals surface area contributed by atoms with Crippen LogP contribution in [-0.4, -0.2) is 11.1 Å². The molecule has 1 aromatic rings. The molecule has 1 aliphatic rings. The first-order valence-electron chi connectivity index (χ1n) is 4.88. The van der Waals surface area contributed by atoms with E-state index in [0.29, 0.717) is 23.9 Å². The summed E-state index contributed by atoms with van der Waals surface area (Å²) >= 11 is 0.546. The van der Waals surface area contributed by atoms with Crippen LogP contribution in [0.25, 0.3) is 6.08 Å². The van der Waals surface area contributed by atoms with Crippen molar-refractivity contribution >= 4 is 29.0 Å². The SMILES string of the molecule is O=C1NC(=O)/C(=C\c2cc(F)cc(C(F)(F)F)c2)S1. The minimum atomic E-state index is -4.68. The van der Waals surface area contributed by atoms with Crippen molar-refractivity contribution in [3.8, 4) is 0 Å². The molecule has 2 rings (SSSR count). The lowest BCUT2D eigenvalue weighted by molar-refractivity contribution is -0.137. The molecule has 3 nitrogen and oxygen atoms in total. The second-order valence-corrected chi connectivity index (χ2v) is 4.64. The molecule has 0 saturated carbocycles. The van der Waals surface area contributed by atoms with Gasteiger partial charge in [-0.3, -0.25) is 14.9 Å². The Balaban J connectivity index is 2.41. The predicted octanol–water partition coefficient (Wildman–Crippen LogP) is 3.17. The molecule has 1 heterocycles. The number of imide groups is 1. The molecule has 1 aliphatic heterocycles. The van der Waals surface area contributed by atoms with Gasteiger partial charge in [-0.1, -0.05) is 0 Å². The summed E-state index contributed by atoms with van der Waals surface area (Å²) in [5, 5.41) is 1.33. The number of carbonyl (C=O) groups is 2. The largest absolute Gasteiger partial charge is 0.416 e. The van der Waals surface area contributed by atoms with Crippen LogP contribution in [0, 0.1) is 5.82 Å². The zero-order valence-corrected chi connectivity index (χ0v) is 9.86. The highest BCUT2D eigenvalue weighted by molar-refractivity contribution is 8.18. The lowest BCUT2D eigenvalue weighted by Gasteiger charge is -2.07. The maximum absolute atomic E-state index is 13.1. The molecule has 0 radical (unpaired) electrons. The van der Waals surface area contributed by atoms with Gasteiger partial charge >= 0.3 is 6.18 Å². The lowest BCUT2D eigenvalue weighted by atomic mass is 10.1.